The predicted molar refractivity (Wildman–Crippen MR) is 130 cm³/mol. The van der Waals surface area contributed by atoms with Crippen LogP contribution in [-0.2, 0) is 4.74 Å². The number of pyridine rings is 1. The molecule has 1 saturated heterocycles. The molecule has 168 valence electrons. The molecule has 1 aromatic carbocycles. The van der Waals surface area contributed by atoms with Gasteiger partial charge in [0.15, 0.2) is 5.65 Å². The molecule has 0 bridgehead atoms. The van der Waals surface area contributed by atoms with Crippen molar-refractivity contribution in [1.29, 1.82) is 0 Å². The van der Waals surface area contributed by atoms with Gasteiger partial charge in [-0.2, -0.15) is 4.98 Å². The van der Waals surface area contributed by atoms with E-state index in [-0.39, 0.29) is 6.10 Å². The molecule has 1 fully saturated rings. The molecule has 5 rings (SSSR count). The highest BCUT2D eigenvalue weighted by atomic mass is 35.5. The first-order valence-electron chi connectivity index (χ1n) is 11.0. The summed E-state index contributed by atoms with van der Waals surface area (Å²) in [6, 6.07) is 9.87. The second-order valence-corrected chi connectivity index (χ2v) is 8.87. The van der Waals surface area contributed by atoms with Crippen molar-refractivity contribution in [2.75, 3.05) is 24.6 Å². The molecule has 33 heavy (non-hydrogen) atoms. The van der Waals surface area contributed by atoms with E-state index in [1.54, 1.807) is 0 Å². The van der Waals surface area contributed by atoms with Crippen molar-refractivity contribution in [3.63, 3.8) is 0 Å². The summed E-state index contributed by atoms with van der Waals surface area (Å²) in [4.78, 5) is 25.8. The Bertz CT molecular complexity index is 1360. The predicted octanol–water partition coefficient (Wildman–Crippen LogP) is 4.95. The van der Waals surface area contributed by atoms with E-state index in [4.69, 9.17) is 36.3 Å². The van der Waals surface area contributed by atoms with Gasteiger partial charge in [0.25, 0.3) is 0 Å². The van der Waals surface area contributed by atoms with Gasteiger partial charge in [0.05, 0.1) is 24.5 Å². The van der Waals surface area contributed by atoms with Gasteiger partial charge in [-0.15, -0.1) is 0 Å². The van der Waals surface area contributed by atoms with Crippen molar-refractivity contribution in [3.8, 4) is 11.3 Å². The maximum atomic E-state index is 6.22. The molecule has 3 aromatic heterocycles. The van der Waals surface area contributed by atoms with Gasteiger partial charge in [-0.3, -0.25) is 4.98 Å². The van der Waals surface area contributed by atoms with Crippen LogP contribution in [0.3, 0.4) is 0 Å². The number of rotatable bonds is 3. The summed E-state index contributed by atoms with van der Waals surface area (Å²) in [6.45, 7) is 9.85. The van der Waals surface area contributed by atoms with E-state index < -0.39 is 0 Å². The van der Waals surface area contributed by atoms with Gasteiger partial charge in [-0.05, 0) is 63.1 Å². The monoisotopic (exact) mass is 460 g/mol. The van der Waals surface area contributed by atoms with Crippen LogP contribution in [0.1, 0.15) is 34.3 Å². The van der Waals surface area contributed by atoms with Crippen molar-refractivity contribution >= 4 is 28.7 Å². The van der Waals surface area contributed by atoms with Crippen molar-refractivity contribution in [2.24, 2.45) is 0 Å². The molecular weight excluding hydrogens is 436 g/mol. The van der Waals surface area contributed by atoms with Crippen LogP contribution in [-0.4, -0.2) is 44.6 Å². The van der Waals surface area contributed by atoms with Crippen LogP contribution in [0.2, 0.25) is 5.02 Å². The number of aromatic nitrogens is 5. The maximum Gasteiger partial charge on any atom is 0.228 e. The zero-order chi connectivity index (χ0) is 23.1. The number of morpholine rings is 1. The Labute approximate surface area is 197 Å². The van der Waals surface area contributed by atoms with E-state index in [0.717, 1.165) is 39.5 Å². The Balaban J connectivity index is 1.62. The summed E-state index contributed by atoms with van der Waals surface area (Å²) in [6.07, 6.45) is 1.74. The highest BCUT2D eigenvalue weighted by Crippen LogP contribution is 2.32. The number of fused-ring (bicyclic) bond motifs is 1. The third-order valence-corrected chi connectivity index (χ3v) is 6.25. The van der Waals surface area contributed by atoms with Gasteiger partial charge < -0.3 is 9.64 Å². The molecule has 4 aromatic rings. The van der Waals surface area contributed by atoms with Gasteiger partial charge in [0.1, 0.15) is 17.3 Å². The molecule has 0 spiro atoms. The lowest BCUT2D eigenvalue weighted by molar-refractivity contribution is 0.0391. The van der Waals surface area contributed by atoms with Crippen LogP contribution >= 0.6 is 11.6 Å². The molecule has 1 atom stereocenters. The average molecular weight is 461 g/mol. The molecule has 0 unspecified atom stereocenters. The zero-order valence-electron chi connectivity index (χ0n) is 19.1. The van der Waals surface area contributed by atoms with Crippen LogP contribution in [0, 0.1) is 27.7 Å². The van der Waals surface area contributed by atoms with Crippen molar-refractivity contribution < 1.29 is 4.74 Å². The standard InChI is InChI=1S/C25H25ClN6O/c1-14-11-19(26)5-6-20(14)22-23-24(29-17(4)16(3)28-23)31-25(30-22)32-9-10-33-21(13-32)18-7-8-27-15(2)12-18/h5-8,11-12,21H,9-10,13H2,1-4H3/t21-/m1/s1. The van der Waals surface area contributed by atoms with Crippen LogP contribution in [0.4, 0.5) is 5.95 Å². The lowest BCUT2D eigenvalue weighted by atomic mass is 10.0. The van der Waals surface area contributed by atoms with Crippen LogP contribution < -0.4 is 4.90 Å². The summed E-state index contributed by atoms with van der Waals surface area (Å²) in [7, 11) is 0. The van der Waals surface area contributed by atoms with Crippen molar-refractivity contribution in [1.82, 2.24) is 24.9 Å². The number of hydrogen-bond acceptors (Lipinski definition) is 7. The summed E-state index contributed by atoms with van der Waals surface area (Å²) in [5, 5.41) is 0.691. The lowest BCUT2D eigenvalue weighted by Crippen LogP contribution is -2.39. The van der Waals surface area contributed by atoms with Crippen molar-refractivity contribution in [3.05, 3.63) is 69.8 Å². The van der Waals surface area contributed by atoms with E-state index in [9.17, 15) is 0 Å². The van der Waals surface area contributed by atoms with E-state index in [0.29, 0.717) is 41.8 Å². The number of anilines is 1. The number of ether oxygens (including phenoxy) is 1. The SMILES string of the molecule is Cc1cc([C@H]2CN(c3nc(-c4ccc(Cl)cc4C)c4nc(C)c(C)nc4n3)CCO2)ccn1. The fraction of sp³-hybridized carbons (Fsp3) is 0.320. The second-order valence-electron chi connectivity index (χ2n) is 8.43. The number of benzene rings is 1. The first-order valence-corrected chi connectivity index (χ1v) is 11.4. The number of aryl methyl sites for hydroxylation is 4. The summed E-state index contributed by atoms with van der Waals surface area (Å²) in [5.41, 5.74) is 7.86. The number of hydrogen-bond donors (Lipinski definition) is 0. The molecule has 0 radical (unpaired) electrons. The minimum atomic E-state index is -0.0775. The summed E-state index contributed by atoms with van der Waals surface area (Å²) >= 11 is 6.22. The normalized spacial score (nSPS) is 16.4. The molecule has 1 aliphatic heterocycles. The summed E-state index contributed by atoms with van der Waals surface area (Å²) in [5.74, 6) is 0.628. The van der Waals surface area contributed by atoms with Gasteiger partial charge in [0, 0.05) is 29.0 Å². The maximum absolute atomic E-state index is 6.22. The molecular formula is C25H25ClN6O. The minimum absolute atomic E-state index is 0.0775. The molecule has 8 heteroatoms. The third-order valence-electron chi connectivity index (χ3n) is 6.02. The first-order chi connectivity index (χ1) is 15.9. The second kappa shape index (κ2) is 8.65. The Morgan fingerprint density at radius 2 is 1.79 bits per heavy atom. The van der Waals surface area contributed by atoms with Crippen LogP contribution in [0.15, 0.2) is 36.5 Å². The summed E-state index contributed by atoms with van der Waals surface area (Å²) < 4.78 is 6.07. The van der Waals surface area contributed by atoms with Gasteiger partial charge in [-0.25, -0.2) is 15.0 Å². The van der Waals surface area contributed by atoms with Crippen LogP contribution in [0.25, 0.3) is 22.4 Å². The highest BCUT2D eigenvalue weighted by molar-refractivity contribution is 6.30. The largest absolute Gasteiger partial charge is 0.370 e. The molecule has 1 aliphatic rings. The van der Waals surface area contributed by atoms with E-state index in [1.165, 1.54) is 0 Å². The van der Waals surface area contributed by atoms with Crippen LogP contribution in [0.5, 0.6) is 0 Å². The molecule has 0 amide bonds. The lowest BCUT2D eigenvalue weighted by Gasteiger charge is -2.33. The quantitative estimate of drug-likeness (QED) is 0.428. The Morgan fingerprint density at radius 3 is 2.58 bits per heavy atom. The first kappa shape index (κ1) is 21.7. The number of halogens is 1. The van der Waals surface area contributed by atoms with Gasteiger partial charge in [-0.1, -0.05) is 17.7 Å². The topological polar surface area (TPSA) is 76.9 Å². The van der Waals surface area contributed by atoms with E-state index in [1.807, 2.05) is 58.2 Å². The average Bonchev–Trinajstić information content (AvgIpc) is 2.80. The van der Waals surface area contributed by atoms with E-state index >= 15 is 0 Å². The fourth-order valence-corrected chi connectivity index (χ4v) is 4.35. The molecule has 0 saturated carbocycles. The van der Waals surface area contributed by atoms with Gasteiger partial charge in [0.2, 0.25) is 5.95 Å². The number of nitrogens with zero attached hydrogens (tertiary/aromatic N) is 6. The third kappa shape index (κ3) is 4.26. The molecule has 0 aliphatic carbocycles. The zero-order valence-corrected chi connectivity index (χ0v) is 19.9. The Hall–Kier alpha value is -3.16. The fourth-order valence-electron chi connectivity index (χ4n) is 4.12. The molecule has 0 N–H and O–H groups in total. The van der Waals surface area contributed by atoms with Crippen molar-refractivity contribution in [2.45, 2.75) is 33.8 Å². The van der Waals surface area contributed by atoms with Gasteiger partial charge >= 0.3 is 0 Å². The molecule has 7 nitrogen and oxygen atoms in total. The molecule has 4 heterocycles. The Kier molecular flexibility index (Phi) is 5.68. The van der Waals surface area contributed by atoms with E-state index in [2.05, 4.69) is 16.0 Å². The minimum Gasteiger partial charge on any atom is -0.370 e. The highest BCUT2D eigenvalue weighted by Gasteiger charge is 2.26. The Morgan fingerprint density at radius 1 is 0.970 bits per heavy atom. The smallest absolute Gasteiger partial charge is 0.228 e.